The van der Waals surface area contributed by atoms with E-state index in [1.54, 1.807) is 0 Å². The maximum Gasteiger partial charge on any atom is 0.223 e. The summed E-state index contributed by atoms with van der Waals surface area (Å²) in [5.74, 6) is -0.132. The molecular weight excluding hydrogens is 408 g/mol. The van der Waals surface area contributed by atoms with E-state index >= 15 is 0 Å². The van der Waals surface area contributed by atoms with Crippen molar-refractivity contribution in [2.75, 3.05) is 13.1 Å². The van der Waals surface area contributed by atoms with Crippen LogP contribution in [0.2, 0.25) is 0 Å². The molecule has 0 radical (unpaired) electrons. The van der Waals surface area contributed by atoms with Crippen LogP contribution in [0, 0.1) is 12.8 Å². The zero-order chi connectivity index (χ0) is 21.8. The summed E-state index contributed by atoms with van der Waals surface area (Å²) in [7, 11) is -3.38. The van der Waals surface area contributed by atoms with Gasteiger partial charge in [0, 0.05) is 25.6 Å². The number of nitrogens with zero attached hydrogens (tertiary/aromatic N) is 1. The van der Waals surface area contributed by atoms with Gasteiger partial charge in [-0.25, -0.2) is 12.7 Å². The van der Waals surface area contributed by atoms with E-state index in [-0.39, 0.29) is 17.6 Å². The fourth-order valence-electron chi connectivity index (χ4n) is 4.14. The molecule has 0 spiro atoms. The molecule has 1 N–H and O–H groups in total. The molecule has 1 amide bonds. The lowest BCUT2D eigenvalue weighted by Crippen LogP contribution is -2.43. The highest BCUT2D eigenvalue weighted by atomic mass is 32.2. The first-order valence-corrected chi connectivity index (χ1v) is 12.3. The van der Waals surface area contributed by atoms with Gasteiger partial charge in [0.25, 0.3) is 0 Å². The predicted molar refractivity (Wildman–Crippen MR) is 124 cm³/mol. The Morgan fingerprint density at radius 2 is 1.65 bits per heavy atom. The maximum absolute atomic E-state index is 12.8. The molecule has 0 unspecified atom stereocenters. The molecule has 6 heteroatoms. The second-order valence-electron chi connectivity index (χ2n) is 8.26. The number of aryl methyl sites for hydroxylation is 1. The fourth-order valence-corrected chi connectivity index (χ4v) is 5.80. The molecule has 0 saturated carbocycles. The Hall–Kier alpha value is -2.70. The number of hydrogen-bond donors (Lipinski definition) is 1. The van der Waals surface area contributed by atoms with Gasteiger partial charge in [-0.1, -0.05) is 60.7 Å². The molecule has 5 nitrogen and oxygen atoms in total. The quantitative estimate of drug-likeness (QED) is 0.635. The normalized spacial score (nSPS) is 15.8. The largest absolute Gasteiger partial charge is 0.352 e. The number of nitrogens with one attached hydrogen (secondary N) is 1. The Labute approximate surface area is 184 Å². The molecular formula is C25H28N2O3S. The standard InChI is InChI=1S/C25H28N2O3S/c1-19-6-2-3-9-24(19)18-31(29,30)27-14-12-22(13-15-27)25(28)26-17-20-10-11-21-7-4-5-8-23(21)16-20/h2-11,16,22H,12-15,17-18H2,1H3,(H,26,28). The van der Waals surface area contributed by atoms with Gasteiger partial charge in [0.05, 0.1) is 5.75 Å². The highest BCUT2D eigenvalue weighted by molar-refractivity contribution is 7.88. The summed E-state index contributed by atoms with van der Waals surface area (Å²) in [5.41, 5.74) is 2.87. The highest BCUT2D eigenvalue weighted by Crippen LogP contribution is 2.23. The van der Waals surface area contributed by atoms with E-state index in [4.69, 9.17) is 0 Å². The third kappa shape index (κ3) is 5.14. The van der Waals surface area contributed by atoms with Crippen molar-refractivity contribution >= 4 is 26.7 Å². The van der Waals surface area contributed by atoms with Gasteiger partial charge in [0.2, 0.25) is 15.9 Å². The van der Waals surface area contributed by atoms with Gasteiger partial charge in [0.15, 0.2) is 0 Å². The zero-order valence-electron chi connectivity index (χ0n) is 17.8. The number of carbonyl (C=O) groups excluding carboxylic acids is 1. The SMILES string of the molecule is Cc1ccccc1CS(=O)(=O)N1CCC(C(=O)NCc2ccc3ccccc3c2)CC1. The van der Waals surface area contributed by atoms with Gasteiger partial charge in [0.1, 0.15) is 0 Å². The van der Waals surface area contributed by atoms with Crippen molar-refractivity contribution in [1.29, 1.82) is 0 Å². The van der Waals surface area contributed by atoms with Crippen molar-refractivity contribution in [3.05, 3.63) is 83.4 Å². The van der Waals surface area contributed by atoms with Crippen LogP contribution in [0.3, 0.4) is 0 Å². The molecule has 162 valence electrons. The number of rotatable bonds is 6. The van der Waals surface area contributed by atoms with E-state index in [9.17, 15) is 13.2 Å². The minimum Gasteiger partial charge on any atom is -0.352 e. The molecule has 0 atom stereocenters. The summed E-state index contributed by atoms with van der Waals surface area (Å²) in [6.45, 7) is 3.19. The molecule has 3 aromatic rings. The second kappa shape index (κ2) is 9.20. The van der Waals surface area contributed by atoms with Crippen molar-refractivity contribution in [3.8, 4) is 0 Å². The lowest BCUT2D eigenvalue weighted by atomic mass is 9.97. The Bertz CT molecular complexity index is 1180. The van der Waals surface area contributed by atoms with E-state index in [1.807, 2.05) is 49.4 Å². The van der Waals surface area contributed by atoms with Gasteiger partial charge in [-0.2, -0.15) is 0 Å². The van der Waals surface area contributed by atoms with Gasteiger partial charge in [-0.15, -0.1) is 0 Å². The molecule has 1 fully saturated rings. The van der Waals surface area contributed by atoms with Crippen LogP contribution in [-0.4, -0.2) is 31.7 Å². The van der Waals surface area contributed by atoms with Gasteiger partial charge in [-0.3, -0.25) is 4.79 Å². The first-order valence-electron chi connectivity index (χ1n) is 10.7. The van der Waals surface area contributed by atoms with Crippen LogP contribution in [0.1, 0.15) is 29.5 Å². The minimum absolute atomic E-state index is 0.00381. The van der Waals surface area contributed by atoms with Crippen molar-refractivity contribution in [2.24, 2.45) is 5.92 Å². The Morgan fingerprint density at radius 3 is 2.39 bits per heavy atom. The van der Waals surface area contributed by atoms with Gasteiger partial charge >= 0.3 is 0 Å². The molecule has 4 rings (SSSR count). The summed E-state index contributed by atoms with van der Waals surface area (Å²) in [6.07, 6.45) is 1.10. The van der Waals surface area contributed by atoms with Crippen LogP contribution in [-0.2, 0) is 27.1 Å². The number of carbonyl (C=O) groups is 1. The summed E-state index contributed by atoms with van der Waals surface area (Å²) in [6, 6.07) is 21.9. The number of piperidine rings is 1. The summed E-state index contributed by atoms with van der Waals surface area (Å²) in [5, 5.41) is 5.36. The van der Waals surface area contributed by atoms with Crippen molar-refractivity contribution < 1.29 is 13.2 Å². The van der Waals surface area contributed by atoms with Crippen molar-refractivity contribution in [3.63, 3.8) is 0 Å². The summed E-state index contributed by atoms with van der Waals surface area (Å²) in [4.78, 5) is 12.6. The number of benzene rings is 3. The van der Waals surface area contributed by atoms with E-state index in [1.165, 1.54) is 9.69 Å². The van der Waals surface area contributed by atoms with Crippen LogP contribution >= 0.6 is 0 Å². The smallest absolute Gasteiger partial charge is 0.223 e. The highest BCUT2D eigenvalue weighted by Gasteiger charge is 2.31. The molecule has 3 aromatic carbocycles. The van der Waals surface area contributed by atoms with Crippen LogP contribution in [0.5, 0.6) is 0 Å². The Kier molecular flexibility index (Phi) is 6.39. The molecule has 0 bridgehead atoms. The summed E-state index contributed by atoms with van der Waals surface area (Å²) < 4.78 is 27.2. The van der Waals surface area contributed by atoms with Crippen LogP contribution in [0.4, 0.5) is 0 Å². The van der Waals surface area contributed by atoms with Crippen LogP contribution in [0.15, 0.2) is 66.7 Å². The van der Waals surface area contributed by atoms with Gasteiger partial charge in [-0.05, 0) is 53.3 Å². The Balaban J connectivity index is 1.30. The minimum atomic E-state index is -3.38. The predicted octanol–water partition coefficient (Wildman–Crippen LogP) is 4.01. The lowest BCUT2D eigenvalue weighted by molar-refractivity contribution is -0.126. The van der Waals surface area contributed by atoms with E-state index in [0.29, 0.717) is 32.5 Å². The lowest BCUT2D eigenvalue weighted by Gasteiger charge is -2.30. The molecule has 31 heavy (non-hydrogen) atoms. The van der Waals surface area contributed by atoms with Crippen LogP contribution < -0.4 is 5.32 Å². The summed E-state index contributed by atoms with van der Waals surface area (Å²) >= 11 is 0. The van der Waals surface area contributed by atoms with Crippen molar-refractivity contribution in [2.45, 2.75) is 32.1 Å². The number of hydrogen-bond acceptors (Lipinski definition) is 3. The van der Waals surface area contributed by atoms with Gasteiger partial charge < -0.3 is 5.32 Å². The molecule has 1 aliphatic rings. The monoisotopic (exact) mass is 436 g/mol. The van der Waals surface area contributed by atoms with E-state index < -0.39 is 10.0 Å². The Morgan fingerprint density at radius 1 is 0.968 bits per heavy atom. The molecule has 0 aromatic heterocycles. The maximum atomic E-state index is 12.8. The number of sulfonamides is 1. The molecule has 1 aliphatic heterocycles. The third-order valence-corrected chi connectivity index (χ3v) is 7.93. The fraction of sp³-hybridized carbons (Fsp3) is 0.320. The first kappa shape index (κ1) is 21.5. The molecule has 0 aliphatic carbocycles. The molecule has 1 saturated heterocycles. The topological polar surface area (TPSA) is 66.5 Å². The number of fused-ring (bicyclic) bond motifs is 1. The van der Waals surface area contributed by atoms with E-state index in [0.717, 1.165) is 22.1 Å². The van der Waals surface area contributed by atoms with Crippen LogP contribution in [0.25, 0.3) is 10.8 Å². The number of amides is 1. The van der Waals surface area contributed by atoms with Crippen molar-refractivity contribution in [1.82, 2.24) is 9.62 Å². The molecule has 1 heterocycles. The van der Waals surface area contributed by atoms with E-state index in [2.05, 4.69) is 29.6 Å². The average Bonchev–Trinajstić information content (AvgIpc) is 2.79. The average molecular weight is 437 g/mol. The first-order chi connectivity index (χ1) is 14.9. The second-order valence-corrected chi connectivity index (χ2v) is 10.2. The third-order valence-electron chi connectivity index (χ3n) is 6.10. The zero-order valence-corrected chi connectivity index (χ0v) is 18.6.